The first-order valence-electron chi connectivity index (χ1n) is 30.5. The van der Waals surface area contributed by atoms with Crippen LogP contribution in [0.15, 0.2) is 223 Å². The SMILES string of the molecule is Cc1cc(N2C(=O)c3ccc4c5c(ccc(c35)C2=O)C(=O)N(c2ccccc2-n2c(-c3ccccc3)nc3ccccc32)C4=O)ccc1/C=C/c1ccc(N2C(=O)c3ccc4c5c(ccc(c35)C2=O)C(=O)N(c2ccc3ccc5cccc6ccc2c3c56)C4=O)cc1S(=O)(=O)O. The van der Waals surface area contributed by atoms with Gasteiger partial charge in [0.2, 0.25) is 0 Å². The zero-order valence-corrected chi connectivity index (χ0v) is 50.9. The molecule has 14 aromatic rings. The minimum Gasteiger partial charge on any atom is -0.290 e. The van der Waals surface area contributed by atoms with Crippen molar-refractivity contribution < 1.29 is 51.3 Å². The van der Waals surface area contributed by atoms with Gasteiger partial charge in [0.1, 0.15) is 10.7 Å². The summed E-state index contributed by atoms with van der Waals surface area (Å²) in [5.41, 5.74) is 5.05. The van der Waals surface area contributed by atoms with Crippen molar-refractivity contribution in [1.29, 1.82) is 0 Å². The van der Waals surface area contributed by atoms with Gasteiger partial charge in [-0.25, -0.2) is 24.6 Å². The number of amides is 8. The summed E-state index contributed by atoms with van der Waals surface area (Å²) in [6.45, 7) is 1.71. The van der Waals surface area contributed by atoms with Gasteiger partial charge in [-0.05, 0) is 154 Å². The molecule has 1 N–H and O–H groups in total. The van der Waals surface area contributed by atoms with Crippen molar-refractivity contribution in [2.75, 3.05) is 19.6 Å². The fourth-order valence-corrected chi connectivity index (χ4v) is 15.4. The Morgan fingerprint density at radius 3 is 1.32 bits per heavy atom. The van der Waals surface area contributed by atoms with Crippen LogP contribution in [-0.2, 0) is 10.1 Å². The predicted molar refractivity (Wildman–Crippen MR) is 365 cm³/mol. The minimum atomic E-state index is -5.05. The van der Waals surface area contributed by atoms with E-state index >= 15 is 0 Å². The molecule has 456 valence electrons. The van der Waals surface area contributed by atoms with Gasteiger partial charge in [-0.15, -0.1) is 0 Å². The molecule has 0 radical (unpaired) electrons. The van der Waals surface area contributed by atoms with Crippen LogP contribution in [0.25, 0.3) is 94.1 Å². The molecule has 1 aromatic heterocycles. The zero-order chi connectivity index (χ0) is 65.5. The van der Waals surface area contributed by atoms with Gasteiger partial charge in [0.05, 0.1) is 39.5 Å². The van der Waals surface area contributed by atoms with Crippen LogP contribution in [0.1, 0.15) is 99.6 Å². The molecule has 17 nitrogen and oxygen atoms in total. The summed E-state index contributed by atoms with van der Waals surface area (Å²) in [6.07, 6.45) is 2.96. The van der Waals surface area contributed by atoms with Gasteiger partial charge in [-0.2, -0.15) is 8.42 Å². The molecule has 18 heteroatoms. The first-order chi connectivity index (χ1) is 46.5. The Hall–Kier alpha value is -12.9. The molecular formula is C78H42N6O11S. The molecule has 8 amide bonds. The monoisotopic (exact) mass is 1270 g/mol. The lowest BCUT2D eigenvalue weighted by Crippen LogP contribution is -2.43. The standard InChI is InChI=1S/C78H42N6O11S/c1-40-38-47(80-71(85)50-31-35-56-69-57(36-32-51(66(50)69)72(80)86)78(92)84(77(56)91)62-17-8-7-16-61(62)82-60-15-6-5-14-58(60)79-70(82)46-10-3-2-4-11-46)26-22-41(40)18-19-42-23-27-48(39-63(42)96(93,94)95)81-73(87)52-29-33-54-68-55(34-30-53(67(52)68)74(81)88)76(90)83(75(54)89)59-37-25-45-21-20-43-12-9-13-44-24-28-49(59)65(45)64(43)44/h2-39H,1H3,(H,93,94,95)/b19-18+. The maximum absolute atomic E-state index is 14.9. The molecule has 0 fully saturated rings. The Kier molecular flexibility index (Phi) is 11.7. The van der Waals surface area contributed by atoms with E-state index in [1.165, 1.54) is 72.8 Å². The second-order valence-electron chi connectivity index (χ2n) is 24.1. The normalized spacial score (nSPS) is 14.7. The van der Waals surface area contributed by atoms with Crippen LogP contribution in [0.3, 0.4) is 0 Å². The van der Waals surface area contributed by atoms with Gasteiger partial charge < -0.3 is 0 Å². The van der Waals surface area contributed by atoms with Crippen LogP contribution in [0.5, 0.6) is 0 Å². The smallest absolute Gasteiger partial charge is 0.290 e. The van der Waals surface area contributed by atoms with Crippen LogP contribution >= 0.6 is 0 Å². The molecule has 0 atom stereocenters. The molecule has 96 heavy (non-hydrogen) atoms. The molecule has 4 aliphatic rings. The number of aromatic nitrogens is 2. The molecule has 0 saturated heterocycles. The summed E-state index contributed by atoms with van der Waals surface area (Å²) in [5.74, 6) is -5.14. The molecule has 0 unspecified atom stereocenters. The van der Waals surface area contributed by atoms with Crippen LogP contribution < -0.4 is 19.6 Å². The van der Waals surface area contributed by atoms with Gasteiger partial charge in [-0.3, -0.25) is 47.5 Å². The fourth-order valence-electron chi connectivity index (χ4n) is 14.7. The summed E-state index contributed by atoms with van der Waals surface area (Å²) < 4.78 is 39.1. The molecule has 18 rings (SSSR count). The van der Waals surface area contributed by atoms with E-state index in [9.17, 15) is 51.3 Å². The zero-order valence-electron chi connectivity index (χ0n) is 50.1. The second-order valence-corrected chi connectivity index (χ2v) is 25.4. The molecule has 5 heterocycles. The Balaban J connectivity index is 0.624. The summed E-state index contributed by atoms with van der Waals surface area (Å²) in [6, 6.07) is 61.8. The number of imidazole rings is 1. The Morgan fingerprint density at radius 2 is 0.792 bits per heavy atom. The average molecular weight is 1270 g/mol. The summed E-state index contributed by atoms with van der Waals surface area (Å²) in [4.78, 5) is 126. The largest absolute Gasteiger partial charge is 0.295 e. The molecule has 0 saturated carbocycles. The van der Waals surface area contributed by atoms with Crippen molar-refractivity contribution in [3.63, 3.8) is 0 Å². The molecule has 4 aliphatic heterocycles. The van der Waals surface area contributed by atoms with Crippen molar-refractivity contribution in [2.24, 2.45) is 0 Å². The van der Waals surface area contributed by atoms with E-state index in [1.807, 2.05) is 120 Å². The highest BCUT2D eigenvalue weighted by atomic mass is 32.2. The van der Waals surface area contributed by atoms with E-state index in [-0.39, 0.29) is 83.0 Å². The number of hydrogen-bond acceptors (Lipinski definition) is 11. The first kappa shape index (κ1) is 55.9. The maximum atomic E-state index is 14.9. The lowest BCUT2D eigenvalue weighted by molar-refractivity contribution is 0.0873. The number of nitrogens with zero attached hydrogens (tertiary/aromatic N) is 6. The number of carbonyl (C=O) groups is 8. The van der Waals surface area contributed by atoms with Crippen molar-refractivity contribution in [3.8, 4) is 17.1 Å². The molecule has 13 aromatic carbocycles. The lowest BCUT2D eigenvalue weighted by atomic mass is 9.85. The van der Waals surface area contributed by atoms with E-state index < -0.39 is 62.3 Å². The average Bonchev–Trinajstić information content (AvgIpc) is 0.787. The quantitative estimate of drug-likeness (QED) is 0.0617. The second kappa shape index (κ2) is 20.1. The van der Waals surface area contributed by atoms with Crippen LogP contribution in [0.4, 0.5) is 22.7 Å². The van der Waals surface area contributed by atoms with E-state index in [0.717, 1.165) is 63.7 Å². The van der Waals surface area contributed by atoms with Gasteiger partial charge in [0, 0.05) is 77.0 Å². The number of rotatable bonds is 9. The topological polar surface area (TPSA) is 222 Å². The first-order valence-corrected chi connectivity index (χ1v) is 31.9. The van der Waals surface area contributed by atoms with E-state index in [0.29, 0.717) is 44.9 Å². The third kappa shape index (κ3) is 7.75. The van der Waals surface area contributed by atoms with Crippen molar-refractivity contribution in [1.82, 2.24) is 9.55 Å². The molecular weight excluding hydrogens is 1230 g/mol. The summed E-state index contributed by atoms with van der Waals surface area (Å²) in [5, 5.41) is 6.14. The molecule has 0 spiro atoms. The van der Waals surface area contributed by atoms with Gasteiger partial charge in [-0.1, -0.05) is 127 Å². The molecule has 0 bridgehead atoms. The van der Waals surface area contributed by atoms with E-state index in [1.54, 1.807) is 43.3 Å². The Labute approximate surface area is 543 Å². The third-order valence-electron chi connectivity index (χ3n) is 19.0. The number of fused-ring (bicyclic) bond motifs is 1. The number of hydrogen-bond donors (Lipinski definition) is 1. The number of aryl methyl sites for hydroxylation is 1. The van der Waals surface area contributed by atoms with Crippen LogP contribution in [0, 0.1) is 6.92 Å². The van der Waals surface area contributed by atoms with Crippen molar-refractivity contribution in [3.05, 3.63) is 280 Å². The van der Waals surface area contributed by atoms with Crippen molar-refractivity contribution in [2.45, 2.75) is 11.8 Å². The van der Waals surface area contributed by atoms with Crippen LogP contribution in [-0.4, -0.2) is 69.8 Å². The summed E-state index contributed by atoms with van der Waals surface area (Å²) >= 11 is 0. The fraction of sp³-hybridized carbons (Fsp3) is 0.0128. The Morgan fingerprint density at radius 1 is 0.365 bits per heavy atom. The highest BCUT2D eigenvalue weighted by Gasteiger charge is 2.44. The number of imide groups is 4. The van der Waals surface area contributed by atoms with E-state index in [4.69, 9.17) is 4.98 Å². The van der Waals surface area contributed by atoms with Gasteiger partial charge in [0.15, 0.2) is 0 Å². The van der Waals surface area contributed by atoms with Crippen LogP contribution in [0.2, 0.25) is 0 Å². The highest BCUT2D eigenvalue weighted by molar-refractivity contribution is 7.86. The molecule has 0 aliphatic carbocycles. The highest BCUT2D eigenvalue weighted by Crippen LogP contribution is 2.47. The van der Waals surface area contributed by atoms with Gasteiger partial charge >= 0.3 is 0 Å². The third-order valence-corrected chi connectivity index (χ3v) is 19.9. The van der Waals surface area contributed by atoms with E-state index in [2.05, 4.69) is 0 Å². The number of carbonyl (C=O) groups excluding carboxylic acids is 8. The maximum Gasteiger partial charge on any atom is 0.295 e. The number of para-hydroxylation sites is 4. The Bertz CT molecular complexity index is 6080. The van der Waals surface area contributed by atoms with Gasteiger partial charge in [0.25, 0.3) is 57.4 Å². The minimum absolute atomic E-state index is 0.0204. The number of benzene rings is 13. The lowest BCUT2D eigenvalue weighted by Gasteiger charge is -2.32. The predicted octanol–water partition coefficient (Wildman–Crippen LogP) is 14.8. The van der Waals surface area contributed by atoms with Crippen molar-refractivity contribution >= 4 is 157 Å². The number of anilines is 4. The summed E-state index contributed by atoms with van der Waals surface area (Å²) in [7, 11) is -5.05.